The summed E-state index contributed by atoms with van der Waals surface area (Å²) < 4.78 is 19.5. The fourth-order valence-electron chi connectivity index (χ4n) is 1.83. The molecule has 0 fully saturated rings. The highest BCUT2D eigenvalue weighted by molar-refractivity contribution is 7.19. The van der Waals surface area contributed by atoms with E-state index in [9.17, 15) is 4.39 Å². The number of ether oxygens (including phenoxy) is 1. The van der Waals surface area contributed by atoms with Crippen molar-refractivity contribution in [2.24, 2.45) is 0 Å². The summed E-state index contributed by atoms with van der Waals surface area (Å²) in [5.74, 6) is 0.394. The van der Waals surface area contributed by atoms with Crippen molar-refractivity contribution in [1.29, 1.82) is 0 Å². The molecule has 2 aromatic carbocycles. The Morgan fingerprint density at radius 2 is 1.89 bits per heavy atom. The van der Waals surface area contributed by atoms with E-state index >= 15 is 0 Å². The van der Waals surface area contributed by atoms with Crippen LogP contribution >= 0.6 is 22.9 Å². The molecule has 0 aliphatic heterocycles. The van der Waals surface area contributed by atoms with E-state index in [0.717, 1.165) is 20.0 Å². The van der Waals surface area contributed by atoms with Gasteiger partial charge in [0.1, 0.15) is 18.2 Å². The highest BCUT2D eigenvalue weighted by Crippen LogP contribution is 2.31. The van der Waals surface area contributed by atoms with Gasteiger partial charge in [0.15, 0.2) is 0 Å². The summed E-state index contributed by atoms with van der Waals surface area (Å²) in [6.07, 6.45) is 0. The largest absolute Gasteiger partial charge is 0.488 e. The van der Waals surface area contributed by atoms with Gasteiger partial charge in [-0.1, -0.05) is 17.7 Å². The maximum atomic E-state index is 12.8. The molecular formula is C15H10ClFOS. The molecule has 96 valence electrons. The van der Waals surface area contributed by atoms with Crippen LogP contribution in [0.2, 0.25) is 5.02 Å². The van der Waals surface area contributed by atoms with Gasteiger partial charge in [-0.3, -0.25) is 0 Å². The Morgan fingerprint density at radius 1 is 1.11 bits per heavy atom. The van der Waals surface area contributed by atoms with E-state index in [4.69, 9.17) is 16.3 Å². The van der Waals surface area contributed by atoms with Crippen LogP contribution < -0.4 is 4.74 Å². The summed E-state index contributed by atoms with van der Waals surface area (Å²) in [6.45, 7) is 0.460. The SMILES string of the molecule is Fc1ccc(OCc2cc3c(Cl)cccc3s2)cc1. The van der Waals surface area contributed by atoms with E-state index < -0.39 is 0 Å². The van der Waals surface area contributed by atoms with Crippen LogP contribution in [0, 0.1) is 5.82 Å². The van der Waals surface area contributed by atoms with Crippen LogP contribution in [-0.4, -0.2) is 0 Å². The second kappa shape index (κ2) is 5.19. The predicted octanol–water partition coefficient (Wildman–Crippen LogP) is 5.27. The van der Waals surface area contributed by atoms with Crippen molar-refractivity contribution in [3.05, 3.63) is 64.2 Å². The summed E-state index contributed by atoms with van der Waals surface area (Å²) in [6, 6.07) is 13.9. The molecule has 0 aliphatic rings. The van der Waals surface area contributed by atoms with Crippen molar-refractivity contribution < 1.29 is 9.13 Å². The number of hydrogen-bond donors (Lipinski definition) is 0. The first-order chi connectivity index (χ1) is 9.22. The lowest BCUT2D eigenvalue weighted by Gasteiger charge is -2.03. The third-order valence-corrected chi connectivity index (χ3v) is 4.16. The van der Waals surface area contributed by atoms with Gasteiger partial charge >= 0.3 is 0 Å². The number of thiophene rings is 1. The number of fused-ring (bicyclic) bond motifs is 1. The first-order valence-electron chi connectivity index (χ1n) is 5.78. The van der Waals surface area contributed by atoms with Crippen LogP contribution in [0.5, 0.6) is 5.75 Å². The highest BCUT2D eigenvalue weighted by Gasteiger charge is 2.05. The van der Waals surface area contributed by atoms with Gasteiger partial charge in [0.2, 0.25) is 0 Å². The van der Waals surface area contributed by atoms with Crippen LogP contribution in [0.4, 0.5) is 4.39 Å². The fraction of sp³-hybridized carbons (Fsp3) is 0.0667. The zero-order chi connectivity index (χ0) is 13.2. The van der Waals surface area contributed by atoms with Crippen LogP contribution in [0.25, 0.3) is 10.1 Å². The van der Waals surface area contributed by atoms with E-state index in [1.165, 1.54) is 12.1 Å². The van der Waals surface area contributed by atoms with E-state index in [0.29, 0.717) is 12.4 Å². The molecule has 3 rings (SSSR count). The van der Waals surface area contributed by atoms with Gasteiger partial charge in [-0.25, -0.2) is 4.39 Å². The predicted molar refractivity (Wildman–Crippen MR) is 77.6 cm³/mol. The summed E-state index contributed by atoms with van der Waals surface area (Å²) in [5, 5.41) is 1.80. The third kappa shape index (κ3) is 2.72. The van der Waals surface area contributed by atoms with Gasteiger partial charge in [0.25, 0.3) is 0 Å². The Balaban J connectivity index is 1.78. The van der Waals surface area contributed by atoms with E-state index in [2.05, 4.69) is 0 Å². The third-order valence-electron chi connectivity index (χ3n) is 2.75. The van der Waals surface area contributed by atoms with Gasteiger partial charge in [-0.15, -0.1) is 11.3 Å². The molecule has 4 heteroatoms. The van der Waals surface area contributed by atoms with Gasteiger partial charge in [-0.05, 0) is 42.5 Å². The lowest BCUT2D eigenvalue weighted by Crippen LogP contribution is -1.92. The monoisotopic (exact) mass is 292 g/mol. The van der Waals surface area contributed by atoms with Crippen molar-refractivity contribution in [3.63, 3.8) is 0 Å². The molecule has 0 spiro atoms. The average molecular weight is 293 g/mol. The number of hydrogen-bond acceptors (Lipinski definition) is 2. The molecule has 1 nitrogen and oxygen atoms in total. The summed E-state index contributed by atoms with van der Waals surface area (Å²) >= 11 is 7.78. The lowest BCUT2D eigenvalue weighted by molar-refractivity contribution is 0.309. The molecule has 0 bridgehead atoms. The Bertz CT molecular complexity index is 706. The Labute approximate surface area is 119 Å². The second-order valence-electron chi connectivity index (χ2n) is 4.11. The Kier molecular flexibility index (Phi) is 3.40. The topological polar surface area (TPSA) is 9.23 Å². The molecule has 0 amide bonds. The standard InChI is InChI=1S/C15H10ClFOS/c16-14-2-1-3-15-13(14)8-12(19-15)9-18-11-6-4-10(17)5-7-11/h1-8H,9H2. The van der Waals surface area contributed by atoms with Crippen molar-refractivity contribution in [3.8, 4) is 5.75 Å². The van der Waals surface area contributed by atoms with Crippen LogP contribution in [0.1, 0.15) is 4.88 Å². The minimum Gasteiger partial charge on any atom is -0.488 e. The van der Waals surface area contributed by atoms with Crippen molar-refractivity contribution in [2.45, 2.75) is 6.61 Å². The second-order valence-corrected chi connectivity index (χ2v) is 5.68. The minimum absolute atomic E-state index is 0.263. The quantitative estimate of drug-likeness (QED) is 0.639. The zero-order valence-electron chi connectivity index (χ0n) is 9.90. The van der Waals surface area contributed by atoms with E-state index in [-0.39, 0.29) is 5.82 Å². The molecule has 0 saturated carbocycles. The molecule has 0 saturated heterocycles. The molecular weight excluding hydrogens is 283 g/mol. The smallest absolute Gasteiger partial charge is 0.123 e. The summed E-state index contributed by atoms with van der Waals surface area (Å²) in [4.78, 5) is 1.09. The van der Waals surface area contributed by atoms with Gasteiger partial charge < -0.3 is 4.74 Å². The first-order valence-corrected chi connectivity index (χ1v) is 6.97. The molecule has 1 heterocycles. The van der Waals surface area contributed by atoms with E-state index in [1.807, 2.05) is 24.3 Å². The molecule has 0 aliphatic carbocycles. The van der Waals surface area contributed by atoms with Gasteiger partial charge in [0, 0.05) is 20.0 Å². The molecule has 0 atom stereocenters. The summed E-state index contributed by atoms with van der Waals surface area (Å²) in [5.41, 5.74) is 0. The van der Waals surface area contributed by atoms with Crippen molar-refractivity contribution in [2.75, 3.05) is 0 Å². The van der Waals surface area contributed by atoms with Crippen LogP contribution in [0.3, 0.4) is 0 Å². The molecule has 3 aromatic rings. The van der Waals surface area contributed by atoms with Gasteiger partial charge in [0.05, 0.1) is 0 Å². The Hall–Kier alpha value is -1.58. The summed E-state index contributed by atoms with van der Waals surface area (Å²) in [7, 11) is 0. The maximum absolute atomic E-state index is 12.8. The zero-order valence-corrected chi connectivity index (χ0v) is 11.5. The normalized spacial score (nSPS) is 10.8. The molecule has 0 N–H and O–H groups in total. The molecule has 1 aromatic heterocycles. The lowest BCUT2D eigenvalue weighted by atomic mass is 10.2. The van der Waals surface area contributed by atoms with Crippen LogP contribution in [0.15, 0.2) is 48.5 Å². The average Bonchev–Trinajstić information content (AvgIpc) is 2.83. The highest BCUT2D eigenvalue weighted by atomic mass is 35.5. The van der Waals surface area contributed by atoms with E-state index in [1.54, 1.807) is 23.5 Å². The van der Waals surface area contributed by atoms with Crippen molar-refractivity contribution in [1.82, 2.24) is 0 Å². The maximum Gasteiger partial charge on any atom is 0.123 e. The number of halogens is 2. The minimum atomic E-state index is -0.263. The molecule has 0 radical (unpaired) electrons. The number of benzene rings is 2. The number of rotatable bonds is 3. The van der Waals surface area contributed by atoms with Crippen molar-refractivity contribution >= 4 is 33.0 Å². The van der Waals surface area contributed by atoms with Crippen LogP contribution in [-0.2, 0) is 6.61 Å². The molecule has 0 unspecified atom stereocenters. The Morgan fingerprint density at radius 3 is 2.63 bits per heavy atom. The molecule has 19 heavy (non-hydrogen) atoms. The fourth-order valence-corrected chi connectivity index (χ4v) is 3.12. The van der Waals surface area contributed by atoms with Gasteiger partial charge in [-0.2, -0.15) is 0 Å². The first kappa shape index (κ1) is 12.5.